The van der Waals surface area contributed by atoms with Crippen molar-refractivity contribution >= 4 is 11.3 Å². The second-order valence-electron chi connectivity index (χ2n) is 4.71. The fourth-order valence-electron chi connectivity index (χ4n) is 1.99. The largest absolute Gasteiger partial charge is 0.320 e. The topological polar surface area (TPSA) is 42.1 Å². The summed E-state index contributed by atoms with van der Waals surface area (Å²) in [6.45, 7) is 4.13. The molecule has 0 radical (unpaired) electrons. The van der Waals surface area contributed by atoms with Crippen LogP contribution in [0.4, 0.5) is 0 Å². The SMILES string of the molecule is Cc1cccc(CN(C)Cc2sccc2C#CCN)n1. The molecular weight excluding hydrogens is 266 g/mol. The first kappa shape index (κ1) is 14.7. The van der Waals surface area contributed by atoms with Crippen molar-refractivity contribution in [1.82, 2.24) is 9.88 Å². The molecule has 3 nitrogen and oxygen atoms in total. The van der Waals surface area contributed by atoms with Crippen LogP contribution >= 0.6 is 11.3 Å². The second-order valence-corrected chi connectivity index (χ2v) is 5.71. The van der Waals surface area contributed by atoms with Gasteiger partial charge in [-0.1, -0.05) is 17.9 Å². The van der Waals surface area contributed by atoms with E-state index in [2.05, 4.69) is 52.4 Å². The maximum absolute atomic E-state index is 5.42. The second kappa shape index (κ2) is 7.20. The summed E-state index contributed by atoms with van der Waals surface area (Å²) in [7, 11) is 2.10. The van der Waals surface area contributed by atoms with Crippen LogP contribution in [-0.4, -0.2) is 23.5 Å². The molecule has 0 unspecified atom stereocenters. The lowest BCUT2D eigenvalue weighted by Gasteiger charge is -2.15. The third-order valence-electron chi connectivity index (χ3n) is 2.86. The highest BCUT2D eigenvalue weighted by Gasteiger charge is 2.07. The molecule has 0 spiro atoms. The van der Waals surface area contributed by atoms with E-state index in [-0.39, 0.29) is 0 Å². The summed E-state index contributed by atoms with van der Waals surface area (Å²) in [5.41, 5.74) is 8.66. The van der Waals surface area contributed by atoms with Crippen LogP contribution in [0.15, 0.2) is 29.6 Å². The number of thiophene rings is 1. The Morgan fingerprint density at radius 1 is 1.30 bits per heavy atom. The molecule has 20 heavy (non-hydrogen) atoms. The number of hydrogen-bond donors (Lipinski definition) is 1. The molecule has 4 heteroatoms. The van der Waals surface area contributed by atoms with Gasteiger partial charge in [-0.2, -0.15) is 0 Å². The summed E-state index contributed by atoms with van der Waals surface area (Å²) in [5.74, 6) is 6.04. The quantitative estimate of drug-likeness (QED) is 0.877. The molecular formula is C16H19N3S. The monoisotopic (exact) mass is 285 g/mol. The minimum Gasteiger partial charge on any atom is -0.320 e. The number of pyridine rings is 1. The van der Waals surface area contributed by atoms with Crippen LogP contribution in [0.1, 0.15) is 21.8 Å². The van der Waals surface area contributed by atoms with Crippen LogP contribution in [0, 0.1) is 18.8 Å². The van der Waals surface area contributed by atoms with Crippen molar-refractivity contribution in [2.45, 2.75) is 20.0 Å². The zero-order valence-corrected chi connectivity index (χ0v) is 12.7. The van der Waals surface area contributed by atoms with Crippen LogP contribution in [0.2, 0.25) is 0 Å². The van der Waals surface area contributed by atoms with E-state index in [1.165, 1.54) is 4.88 Å². The van der Waals surface area contributed by atoms with Gasteiger partial charge in [-0.25, -0.2) is 0 Å². The smallest absolute Gasteiger partial charge is 0.0555 e. The van der Waals surface area contributed by atoms with E-state index in [0.29, 0.717) is 6.54 Å². The van der Waals surface area contributed by atoms with Gasteiger partial charge in [0.2, 0.25) is 0 Å². The lowest BCUT2D eigenvalue weighted by molar-refractivity contribution is 0.317. The number of rotatable bonds is 4. The average molecular weight is 285 g/mol. The fourth-order valence-corrected chi connectivity index (χ4v) is 2.90. The van der Waals surface area contributed by atoms with E-state index in [4.69, 9.17) is 5.73 Å². The Morgan fingerprint density at radius 3 is 2.90 bits per heavy atom. The van der Waals surface area contributed by atoms with E-state index in [1.807, 2.05) is 13.0 Å². The molecule has 0 saturated carbocycles. The Morgan fingerprint density at radius 2 is 2.15 bits per heavy atom. The first-order valence-electron chi connectivity index (χ1n) is 6.55. The molecule has 2 heterocycles. The third kappa shape index (κ3) is 4.17. The number of aryl methyl sites for hydroxylation is 1. The number of hydrogen-bond acceptors (Lipinski definition) is 4. The Labute approximate surface area is 124 Å². The number of nitrogens with two attached hydrogens (primary N) is 1. The van der Waals surface area contributed by atoms with Crippen LogP contribution in [0.5, 0.6) is 0 Å². The van der Waals surface area contributed by atoms with Crippen molar-refractivity contribution in [3.05, 3.63) is 51.5 Å². The molecule has 2 N–H and O–H groups in total. The maximum atomic E-state index is 5.42. The highest BCUT2D eigenvalue weighted by Crippen LogP contribution is 2.18. The van der Waals surface area contributed by atoms with E-state index in [0.717, 1.165) is 30.0 Å². The molecule has 0 saturated heterocycles. The zero-order valence-electron chi connectivity index (χ0n) is 11.9. The van der Waals surface area contributed by atoms with Crippen molar-refractivity contribution < 1.29 is 0 Å². The van der Waals surface area contributed by atoms with Gasteiger partial charge in [-0.05, 0) is 37.6 Å². The van der Waals surface area contributed by atoms with Crippen molar-refractivity contribution in [3.63, 3.8) is 0 Å². The first-order valence-corrected chi connectivity index (χ1v) is 7.43. The van der Waals surface area contributed by atoms with E-state index >= 15 is 0 Å². The third-order valence-corrected chi connectivity index (χ3v) is 3.77. The summed E-state index contributed by atoms with van der Waals surface area (Å²) in [5, 5.41) is 2.08. The van der Waals surface area contributed by atoms with Gasteiger partial charge in [0.25, 0.3) is 0 Å². The van der Waals surface area contributed by atoms with Crippen LogP contribution < -0.4 is 5.73 Å². The van der Waals surface area contributed by atoms with E-state index < -0.39 is 0 Å². The van der Waals surface area contributed by atoms with Crippen molar-refractivity contribution in [3.8, 4) is 11.8 Å². The maximum Gasteiger partial charge on any atom is 0.0555 e. The lowest BCUT2D eigenvalue weighted by Crippen LogP contribution is -2.18. The minimum atomic E-state index is 0.401. The number of nitrogens with zero attached hydrogens (tertiary/aromatic N) is 2. The highest BCUT2D eigenvalue weighted by atomic mass is 32.1. The molecule has 2 rings (SSSR count). The van der Waals surface area contributed by atoms with Gasteiger partial charge in [0.15, 0.2) is 0 Å². The molecule has 0 atom stereocenters. The van der Waals surface area contributed by atoms with Gasteiger partial charge in [0.05, 0.1) is 12.2 Å². The molecule has 0 aromatic carbocycles. The minimum absolute atomic E-state index is 0.401. The molecule has 0 aliphatic carbocycles. The van der Waals surface area contributed by atoms with Crippen molar-refractivity contribution in [2.75, 3.05) is 13.6 Å². The summed E-state index contributed by atoms with van der Waals surface area (Å²) in [4.78, 5) is 8.06. The molecule has 0 bridgehead atoms. The van der Waals surface area contributed by atoms with Crippen molar-refractivity contribution in [2.24, 2.45) is 5.73 Å². The van der Waals surface area contributed by atoms with Gasteiger partial charge in [0.1, 0.15) is 0 Å². The molecule has 0 amide bonds. The number of aromatic nitrogens is 1. The summed E-state index contributed by atoms with van der Waals surface area (Å²) >= 11 is 1.74. The van der Waals surface area contributed by atoms with Crippen LogP contribution in [0.3, 0.4) is 0 Å². The first-order chi connectivity index (χ1) is 9.69. The highest BCUT2D eigenvalue weighted by molar-refractivity contribution is 7.10. The van der Waals surface area contributed by atoms with E-state index in [9.17, 15) is 0 Å². The zero-order chi connectivity index (χ0) is 14.4. The Bertz CT molecular complexity index is 622. The van der Waals surface area contributed by atoms with Gasteiger partial charge < -0.3 is 5.73 Å². The van der Waals surface area contributed by atoms with Gasteiger partial charge in [-0.3, -0.25) is 9.88 Å². The van der Waals surface area contributed by atoms with Gasteiger partial charge >= 0.3 is 0 Å². The Kier molecular flexibility index (Phi) is 5.31. The summed E-state index contributed by atoms with van der Waals surface area (Å²) in [6.07, 6.45) is 0. The van der Waals surface area contributed by atoms with Gasteiger partial charge in [-0.15, -0.1) is 11.3 Å². The van der Waals surface area contributed by atoms with E-state index in [1.54, 1.807) is 11.3 Å². The Balaban J connectivity index is 2.01. The molecule has 0 aliphatic rings. The van der Waals surface area contributed by atoms with Crippen LogP contribution in [0.25, 0.3) is 0 Å². The molecule has 2 aromatic rings. The average Bonchev–Trinajstić information content (AvgIpc) is 2.83. The predicted molar refractivity (Wildman–Crippen MR) is 84.4 cm³/mol. The predicted octanol–water partition coefficient (Wildman–Crippen LogP) is 2.39. The molecule has 0 aliphatic heterocycles. The van der Waals surface area contributed by atoms with Gasteiger partial charge in [0, 0.05) is 29.2 Å². The summed E-state index contributed by atoms with van der Waals surface area (Å²) < 4.78 is 0. The lowest BCUT2D eigenvalue weighted by atomic mass is 10.2. The van der Waals surface area contributed by atoms with Crippen molar-refractivity contribution in [1.29, 1.82) is 0 Å². The van der Waals surface area contributed by atoms with Crippen LogP contribution in [-0.2, 0) is 13.1 Å². The normalized spacial score (nSPS) is 10.4. The fraction of sp³-hybridized carbons (Fsp3) is 0.312. The Hall–Kier alpha value is -1.67. The summed E-state index contributed by atoms with van der Waals surface area (Å²) in [6, 6.07) is 8.19. The molecule has 2 aromatic heterocycles. The molecule has 104 valence electrons. The standard InChI is InChI=1S/C16H19N3S/c1-13-5-3-7-15(18-13)11-19(2)12-16-14(6-4-9-17)8-10-20-16/h3,5,7-8,10H,9,11-12,17H2,1-2H3. The molecule has 0 fully saturated rings.